The molecular weight excluding hydrogens is 436 g/mol. The summed E-state index contributed by atoms with van der Waals surface area (Å²) in [7, 11) is 0. The van der Waals surface area contributed by atoms with E-state index in [1.54, 1.807) is 4.52 Å². The summed E-state index contributed by atoms with van der Waals surface area (Å²) < 4.78 is 38.0. The average molecular weight is 462 g/mol. The van der Waals surface area contributed by atoms with Crippen LogP contribution in [0.2, 0.25) is 0 Å². The van der Waals surface area contributed by atoms with Crippen LogP contribution in [0.25, 0.3) is 5.65 Å². The molecule has 3 aromatic rings. The first kappa shape index (κ1) is 20.1. The topological polar surface area (TPSA) is 80.5 Å². The zero-order valence-corrected chi connectivity index (χ0v) is 18.6. The number of halogens is 2. The van der Waals surface area contributed by atoms with Crippen molar-refractivity contribution in [2.45, 2.75) is 44.6 Å². The molecule has 11 heteroatoms. The van der Waals surface area contributed by atoms with Gasteiger partial charge in [-0.25, -0.2) is 18.3 Å². The highest BCUT2D eigenvalue weighted by Gasteiger charge is 2.45. The van der Waals surface area contributed by atoms with Gasteiger partial charge in [0.25, 0.3) is 0 Å². The molecule has 2 unspecified atom stereocenters. The SMILES string of the molecule is Cc1nsc(N2CC3CCC(C2)C3Nc2nc3c(OCC4CC(F)(F)C4)cccn3n2)n1. The van der Waals surface area contributed by atoms with Gasteiger partial charge in [0.15, 0.2) is 11.4 Å². The van der Waals surface area contributed by atoms with E-state index in [1.807, 2.05) is 25.3 Å². The van der Waals surface area contributed by atoms with Gasteiger partial charge in [-0.3, -0.25) is 0 Å². The molecule has 0 spiro atoms. The Bertz CT molecular complexity index is 1110. The van der Waals surface area contributed by atoms with Crippen molar-refractivity contribution >= 4 is 28.3 Å². The fourth-order valence-electron chi connectivity index (χ4n) is 5.34. The highest BCUT2D eigenvalue weighted by molar-refractivity contribution is 7.09. The summed E-state index contributed by atoms with van der Waals surface area (Å²) in [5.41, 5.74) is 0.607. The van der Waals surface area contributed by atoms with Crippen LogP contribution < -0.4 is 15.0 Å². The normalized spacial score (nSPS) is 27.0. The molecule has 170 valence electrons. The third kappa shape index (κ3) is 3.66. The van der Waals surface area contributed by atoms with E-state index in [-0.39, 0.29) is 25.4 Å². The second-order valence-electron chi connectivity index (χ2n) is 9.31. The van der Waals surface area contributed by atoms with Gasteiger partial charge >= 0.3 is 0 Å². The lowest BCUT2D eigenvalue weighted by atomic mass is 9.82. The van der Waals surface area contributed by atoms with Gasteiger partial charge in [-0.15, -0.1) is 5.10 Å². The summed E-state index contributed by atoms with van der Waals surface area (Å²) in [6.45, 7) is 4.11. The number of aromatic nitrogens is 5. The van der Waals surface area contributed by atoms with Crippen LogP contribution in [-0.2, 0) is 0 Å². The summed E-state index contributed by atoms with van der Waals surface area (Å²) >= 11 is 1.47. The number of rotatable bonds is 6. The molecule has 8 nitrogen and oxygen atoms in total. The Labute approximate surface area is 188 Å². The molecular formula is C21H25F2N7OS. The number of alkyl halides is 2. The number of ether oxygens (including phenoxy) is 1. The maximum absolute atomic E-state index is 13.1. The Hall–Kier alpha value is -2.56. The Morgan fingerprint density at radius 2 is 2.00 bits per heavy atom. The van der Waals surface area contributed by atoms with Gasteiger partial charge in [0.2, 0.25) is 17.0 Å². The first-order valence-corrected chi connectivity index (χ1v) is 11.9. The van der Waals surface area contributed by atoms with E-state index in [1.165, 1.54) is 24.4 Å². The van der Waals surface area contributed by atoms with Crippen LogP contribution in [-0.4, -0.2) is 55.6 Å². The minimum absolute atomic E-state index is 0.103. The first-order valence-electron chi connectivity index (χ1n) is 11.1. The molecule has 0 radical (unpaired) electrons. The van der Waals surface area contributed by atoms with Gasteiger partial charge in [0.05, 0.1) is 6.61 Å². The highest BCUT2D eigenvalue weighted by atomic mass is 32.1. The number of hydrogen-bond donors (Lipinski definition) is 1. The minimum atomic E-state index is -2.53. The molecule has 6 rings (SSSR count). The molecule has 3 aliphatic rings. The van der Waals surface area contributed by atoms with E-state index in [2.05, 4.69) is 29.7 Å². The van der Waals surface area contributed by atoms with E-state index in [9.17, 15) is 8.78 Å². The Morgan fingerprint density at radius 3 is 2.69 bits per heavy atom. The van der Waals surface area contributed by atoms with Gasteiger partial charge in [-0.1, -0.05) is 0 Å². The smallest absolute Gasteiger partial charge is 0.248 e. The predicted molar refractivity (Wildman–Crippen MR) is 117 cm³/mol. The van der Waals surface area contributed by atoms with E-state index < -0.39 is 5.92 Å². The molecule has 0 amide bonds. The Kier molecular flexibility index (Phi) is 4.70. The molecule has 2 aliphatic carbocycles. The average Bonchev–Trinajstić information content (AvgIpc) is 3.41. The van der Waals surface area contributed by atoms with Crippen molar-refractivity contribution in [1.82, 2.24) is 24.0 Å². The molecule has 3 fully saturated rings. The number of anilines is 2. The van der Waals surface area contributed by atoms with Crippen molar-refractivity contribution in [3.8, 4) is 5.75 Å². The van der Waals surface area contributed by atoms with Crippen LogP contribution in [0.5, 0.6) is 5.75 Å². The number of pyridine rings is 1. The van der Waals surface area contributed by atoms with Crippen LogP contribution in [0.15, 0.2) is 18.3 Å². The number of piperidine rings is 1. The van der Waals surface area contributed by atoms with E-state index in [0.717, 1.165) is 24.0 Å². The van der Waals surface area contributed by atoms with Crippen molar-refractivity contribution < 1.29 is 13.5 Å². The number of nitrogens with zero attached hydrogens (tertiary/aromatic N) is 6. The van der Waals surface area contributed by atoms with Gasteiger partial charge in [0.1, 0.15) is 5.82 Å². The third-order valence-electron chi connectivity index (χ3n) is 6.89. The highest BCUT2D eigenvalue weighted by Crippen LogP contribution is 2.43. The molecule has 4 heterocycles. The van der Waals surface area contributed by atoms with Crippen LogP contribution in [0.3, 0.4) is 0 Å². The molecule has 1 aliphatic heterocycles. The quantitative estimate of drug-likeness (QED) is 0.600. The molecule has 2 bridgehead atoms. The third-order valence-corrected chi connectivity index (χ3v) is 7.76. The Morgan fingerprint density at radius 1 is 1.22 bits per heavy atom. The first-order chi connectivity index (χ1) is 15.4. The van der Waals surface area contributed by atoms with Crippen LogP contribution >= 0.6 is 11.5 Å². The largest absolute Gasteiger partial charge is 0.489 e. The summed E-state index contributed by atoms with van der Waals surface area (Å²) in [6.07, 6.45) is 3.96. The molecule has 3 aromatic heterocycles. The lowest BCUT2D eigenvalue weighted by Gasteiger charge is -2.37. The van der Waals surface area contributed by atoms with E-state index in [0.29, 0.717) is 35.2 Å². The van der Waals surface area contributed by atoms with Crippen LogP contribution in [0.1, 0.15) is 31.5 Å². The van der Waals surface area contributed by atoms with Gasteiger partial charge in [-0.2, -0.15) is 9.36 Å². The van der Waals surface area contributed by atoms with Crippen molar-refractivity contribution in [3.63, 3.8) is 0 Å². The maximum Gasteiger partial charge on any atom is 0.248 e. The molecule has 32 heavy (non-hydrogen) atoms. The second kappa shape index (κ2) is 7.50. The predicted octanol–water partition coefficient (Wildman–Crippen LogP) is 3.64. The molecule has 2 saturated carbocycles. The van der Waals surface area contributed by atoms with Crippen molar-refractivity contribution in [3.05, 3.63) is 24.2 Å². The summed E-state index contributed by atoms with van der Waals surface area (Å²) in [5.74, 6) is 0.349. The van der Waals surface area contributed by atoms with Gasteiger partial charge < -0.3 is 15.0 Å². The molecule has 1 N–H and O–H groups in total. The fourth-order valence-corrected chi connectivity index (χ4v) is 6.04. The van der Waals surface area contributed by atoms with Gasteiger partial charge in [0, 0.05) is 55.6 Å². The number of aryl methyl sites for hydroxylation is 1. The molecule has 1 saturated heterocycles. The standard InChI is InChI=1S/C21H25F2N7OS/c1-12-24-20(32-28-12)29-9-14-4-5-15(10-29)17(14)25-19-26-18-16(3-2-6-30(18)27-19)31-11-13-7-21(22,23)8-13/h2-3,6,13-15,17H,4-5,7-11H2,1H3,(H,25,27). The number of nitrogens with one attached hydrogen (secondary N) is 1. The fraction of sp³-hybridized carbons (Fsp3) is 0.619. The number of fused-ring (bicyclic) bond motifs is 3. The molecule has 0 aromatic carbocycles. The monoisotopic (exact) mass is 461 g/mol. The zero-order chi connectivity index (χ0) is 21.9. The van der Waals surface area contributed by atoms with E-state index in [4.69, 9.17) is 4.74 Å². The second-order valence-corrected chi connectivity index (χ2v) is 10.0. The van der Waals surface area contributed by atoms with Crippen LogP contribution in [0.4, 0.5) is 19.9 Å². The van der Waals surface area contributed by atoms with Crippen molar-refractivity contribution in [2.24, 2.45) is 17.8 Å². The van der Waals surface area contributed by atoms with Gasteiger partial charge in [-0.05, 0) is 43.7 Å². The zero-order valence-electron chi connectivity index (χ0n) is 17.7. The Balaban J connectivity index is 1.14. The van der Waals surface area contributed by atoms with Crippen molar-refractivity contribution in [2.75, 3.05) is 29.9 Å². The summed E-state index contributed by atoms with van der Waals surface area (Å²) in [4.78, 5) is 11.6. The number of hydrogen-bond acceptors (Lipinski definition) is 8. The minimum Gasteiger partial charge on any atom is -0.489 e. The van der Waals surface area contributed by atoms with E-state index >= 15 is 0 Å². The lowest BCUT2D eigenvalue weighted by molar-refractivity contribution is -0.119. The lowest BCUT2D eigenvalue weighted by Crippen LogP contribution is -2.48. The van der Waals surface area contributed by atoms with Crippen molar-refractivity contribution in [1.29, 1.82) is 0 Å². The summed E-state index contributed by atoms with van der Waals surface area (Å²) in [6, 6.07) is 3.97. The molecule has 2 atom stereocenters. The maximum atomic E-state index is 13.1. The van der Waals surface area contributed by atoms with Crippen LogP contribution in [0, 0.1) is 24.7 Å². The summed E-state index contributed by atoms with van der Waals surface area (Å²) in [5, 5.41) is 9.18.